The molecule has 2 rings (SSSR count). The van der Waals surface area contributed by atoms with E-state index in [1.807, 2.05) is 27.0 Å². The first-order valence-electron chi connectivity index (χ1n) is 5.24. The summed E-state index contributed by atoms with van der Waals surface area (Å²) in [6.45, 7) is 7.70. The Kier molecular flexibility index (Phi) is 2.46. The van der Waals surface area contributed by atoms with Crippen molar-refractivity contribution in [2.75, 3.05) is 19.8 Å². The van der Waals surface area contributed by atoms with Crippen molar-refractivity contribution in [1.29, 1.82) is 0 Å². The molecule has 84 valence electrons. The summed E-state index contributed by atoms with van der Waals surface area (Å²) < 4.78 is 10.6. The Balaban J connectivity index is 1.97. The number of hydrogen-bond acceptors (Lipinski definition) is 3. The predicted molar refractivity (Wildman–Crippen MR) is 55.3 cm³/mol. The summed E-state index contributed by atoms with van der Waals surface area (Å²) in [4.78, 5) is 13.4. The van der Waals surface area contributed by atoms with Crippen molar-refractivity contribution in [2.24, 2.45) is 5.92 Å². The first-order chi connectivity index (χ1) is 6.96. The normalized spacial score (nSPS) is 25.1. The lowest BCUT2D eigenvalue weighted by Crippen LogP contribution is -2.33. The molecule has 4 heteroatoms. The van der Waals surface area contributed by atoms with Crippen LogP contribution in [0.5, 0.6) is 0 Å². The predicted octanol–water partition coefficient (Wildman–Crippen LogP) is 1.77. The maximum Gasteiger partial charge on any atom is 0.414 e. The lowest BCUT2D eigenvalue weighted by molar-refractivity contribution is 0.0327. The summed E-state index contributed by atoms with van der Waals surface area (Å²) in [7, 11) is 0. The van der Waals surface area contributed by atoms with Gasteiger partial charge in [0.15, 0.2) is 0 Å². The van der Waals surface area contributed by atoms with Gasteiger partial charge in [-0.2, -0.15) is 0 Å². The first-order valence-corrected chi connectivity index (χ1v) is 5.24. The molecule has 15 heavy (non-hydrogen) atoms. The number of nitrogens with zero attached hydrogens (tertiary/aromatic N) is 1. The molecule has 2 aliphatic heterocycles. The van der Waals surface area contributed by atoms with Crippen molar-refractivity contribution < 1.29 is 14.3 Å². The van der Waals surface area contributed by atoms with Gasteiger partial charge in [0.25, 0.3) is 0 Å². The Hall–Kier alpha value is -1.03. The van der Waals surface area contributed by atoms with Crippen LogP contribution in [-0.2, 0) is 9.47 Å². The topological polar surface area (TPSA) is 38.8 Å². The Bertz CT molecular complexity index is 303. The van der Waals surface area contributed by atoms with E-state index >= 15 is 0 Å². The Labute approximate surface area is 89.8 Å². The van der Waals surface area contributed by atoms with Gasteiger partial charge in [0, 0.05) is 18.7 Å². The summed E-state index contributed by atoms with van der Waals surface area (Å²) >= 11 is 0. The molecule has 0 bridgehead atoms. The second-order valence-electron chi connectivity index (χ2n) is 5.05. The Morgan fingerprint density at radius 3 is 2.93 bits per heavy atom. The van der Waals surface area contributed by atoms with Crippen molar-refractivity contribution >= 4 is 6.09 Å². The lowest BCUT2D eigenvalue weighted by atomic mass is 10.1. The number of rotatable bonds is 0. The van der Waals surface area contributed by atoms with Gasteiger partial charge >= 0.3 is 6.09 Å². The van der Waals surface area contributed by atoms with Crippen molar-refractivity contribution in [1.82, 2.24) is 4.90 Å². The van der Waals surface area contributed by atoms with Gasteiger partial charge < -0.3 is 9.47 Å². The van der Waals surface area contributed by atoms with Crippen LogP contribution in [-0.4, -0.2) is 36.4 Å². The van der Waals surface area contributed by atoms with E-state index in [0.29, 0.717) is 19.1 Å². The molecule has 1 saturated heterocycles. The van der Waals surface area contributed by atoms with Gasteiger partial charge in [-0.1, -0.05) is 0 Å². The SMILES string of the molecule is CC(C)(C)OC(=O)N1C=C2COCC2C1. The number of amides is 1. The second kappa shape index (κ2) is 3.52. The molecule has 0 radical (unpaired) electrons. The number of carbonyl (C=O) groups excluding carboxylic acids is 1. The molecule has 0 spiro atoms. The van der Waals surface area contributed by atoms with Crippen molar-refractivity contribution in [2.45, 2.75) is 26.4 Å². The van der Waals surface area contributed by atoms with Gasteiger partial charge in [-0.05, 0) is 26.3 Å². The van der Waals surface area contributed by atoms with Gasteiger partial charge in [-0.3, -0.25) is 4.90 Å². The average molecular weight is 211 g/mol. The lowest BCUT2D eigenvalue weighted by Gasteiger charge is -2.23. The van der Waals surface area contributed by atoms with Crippen LogP contribution in [0.15, 0.2) is 11.8 Å². The highest BCUT2D eigenvalue weighted by Gasteiger charge is 2.33. The quantitative estimate of drug-likeness (QED) is 0.613. The van der Waals surface area contributed by atoms with Gasteiger partial charge in [-0.25, -0.2) is 4.79 Å². The molecule has 0 saturated carbocycles. The Morgan fingerprint density at radius 1 is 1.60 bits per heavy atom. The highest BCUT2D eigenvalue weighted by molar-refractivity contribution is 5.70. The Morgan fingerprint density at radius 2 is 2.33 bits per heavy atom. The van der Waals surface area contributed by atoms with E-state index in [-0.39, 0.29) is 6.09 Å². The molecule has 1 atom stereocenters. The van der Waals surface area contributed by atoms with Crippen LogP contribution < -0.4 is 0 Å². The van der Waals surface area contributed by atoms with E-state index in [2.05, 4.69) is 0 Å². The zero-order valence-corrected chi connectivity index (χ0v) is 9.45. The van der Waals surface area contributed by atoms with Gasteiger partial charge in [0.1, 0.15) is 5.60 Å². The third-order valence-electron chi connectivity index (χ3n) is 2.48. The van der Waals surface area contributed by atoms with Crippen LogP contribution in [0.2, 0.25) is 0 Å². The van der Waals surface area contributed by atoms with E-state index in [0.717, 1.165) is 6.61 Å². The standard InChI is InChI=1S/C11H17NO3/c1-11(2,3)15-10(13)12-4-8-6-14-7-9(8)5-12/h4,9H,5-7H2,1-3H3. The molecule has 0 aromatic carbocycles. The van der Waals surface area contributed by atoms with Crippen LogP contribution in [0.1, 0.15) is 20.8 Å². The van der Waals surface area contributed by atoms with Crippen LogP contribution in [0, 0.1) is 5.92 Å². The summed E-state index contributed by atoms with van der Waals surface area (Å²) in [5.41, 5.74) is 0.782. The number of ether oxygens (including phenoxy) is 2. The van der Waals surface area contributed by atoms with Gasteiger partial charge in [0.2, 0.25) is 0 Å². The molecular formula is C11H17NO3. The molecule has 1 amide bonds. The van der Waals surface area contributed by atoms with Gasteiger partial charge in [0.05, 0.1) is 13.2 Å². The molecule has 2 heterocycles. The average Bonchev–Trinajstić information content (AvgIpc) is 2.56. The third kappa shape index (κ3) is 2.31. The third-order valence-corrected chi connectivity index (χ3v) is 2.48. The largest absolute Gasteiger partial charge is 0.443 e. The smallest absolute Gasteiger partial charge is 0.414 e. The van der Waals surface area contributed by atoms with Crippen LogP contribution in [0.25, 0.3) is 0 Å². The minimum Gasteiger partial charge on any atom is -0.443 e. The van der Waals surface area contributed by atoms with Crippen molar-refractivity contribution in [3.05, 3.63) is 11.8 Å². The zero-order chi connectivity index (χ0) is 11.1. The molecule has 0 aromatic rings. The second-order valence-corrected chi connectivity index (χ2v) is 5.05. The number of hydrogen-bond donors (Lipinski definition) is 0. The highest BCUT2D eigenvalue weighted by Crippen LogP contribution is 2.28. The fourth-order valence-electron chi connectivity index (χ4n) is 1.79. The van der Waals surface area contributed by atoms with Crippen molar-refractivity contribution in [3.63, 3.8) is 0 Å². The number of fused-ring (bicyclic) bond motifs is 1. The summed E-state index contributed by atoms with van der Waals surface area (Å²) in [5.74, 6) is 0.387. The maximum absolute atomic E-state index is 11.7. The fraction of sp³-hybridized carbons (Fsp3) is 0.727. The van der Waals surface area contributed by atoms with Crippen LogP contribution >= 0.6 is 0 Å². The number of carbonyl (C=O) groups is 1. The zero-order valence-electron chi connectivity index (χ0n) is 9.45. The summed E-state index contributed by atoms with van der Waals surface area (Å²) in [5, 5.41) is 0. The van der Waals surface area contributed by atoms with E-state index in [1.54, 1.807) is 4.90 Å². The summed E-state index contributed by atoms with van der Waals surface area (Å²) in [6, 6.07) is 0. The van der Waals surface area contributed by atoms with Crippen LogP contribution in [0.3, 0.4) is 0 Å². The molecule has 0 N–H and O–H groups in total. The molecule has 2 aliphatic rings. The van der Waals surface area contributed by atoms with Crippen molar-refractivity contribution in [3.8, 4) is 0 Å². The molecule has 4 nitrogen and oxygen atoms in total. The van der Waals surface area contributed by atoms with Crippen LogP contribution in [0.4, 0.5) is 4.79 Å². The molecular weight excluding hydrogens is 194 g/mol. The monoisotopic (exact) mass is 211 g/mol. The maximum atomic E-state index is 11.7. The molecule has 0 aromatic heterocycles. The van der Waals surface area contributed by atoms with E-state index in [9.17, 15) is 4.79 Å². The van der Waals surface area contributed by atoms with E-state index in [1.165, 1.54) is 5.57 Å². The minimum atomic E-state index is -0.427. The minimum absolute atomic E-state index is 0.260. The summed E-state index contributed by atoms with van der Waals surface area (Å²) in [6.07, 6.45) is 1.61. The fourth-order valence-corrected chi connectivity index (χ4v) is 1.79. The first kappa shape index (κ1) is 10.5. The molecule has 0 aliphatic carbocycles. The van der Waals surface area contributed by atoms with Gasteiger partial charge in [-0.15, -0.1) is 0 Å². The highest BCUT2D eigenvalue weighted by atomic mass is 16.6. The molecule has 1 fully saturated rings. The van der Waals surface area contributed by atoms with E-state index in [4.69, 9.17) is 9.47 Å². The van der Waals surface area contributed by atoms with E-state index < -0.39 is 5.60 Å². The molecule has 1 unspecified atom stereocenters.